The molecule has 0 unspecified atom stereocenters. The van der Waals surface area contributed by atoms with Crippen molar-refractivity contribution in [1.29, 1.82) is 0 Å². The summed E-state index contributed by atoms with van der Waals surface area (Å²) in [7, 11) is 0. The molecule has 1 fully saturated rings. The van der Waals surface area contributed by atoms with E-state index in [9.17, 15) is 5.11 Å². The number of aromatic hydroxyl groups is 1. The van der Waals surface area contributed by atoms with Gasteiger partial charge in [-0.25, -0.2) is 4.68 Å². The Balaban J connectivity index is 1.89. The predicted molar refractivity (Wildman–Crippen MR) is 68.6 cm³/mol. The third-order valence-electron chi connectivity index (χ3n) is 3.13. The Bertz CT molecular complexity index is 564. The van der Waals surface area contributed by atoms with Crippen LogP contribution in [0.3, 0.4) is 0 Å². The summed E-state index contributed by atoms with van der Waals surface area (Å²) in [5.41, 5.74) is 1.50. The van der Waals surface area contributed by atoms with Gasteiger partial charge in [-0.2, -0.15) is 0 Å². The number of rotatable bonds is 2. The van der Waals surface area contributed by atoms with Crippen molar-refractivity contribution in [3.8, 4) is 5.75 Å². The summed E-state index contributed by atoms with van der Waals surface area (Å²) in [6.07, 6.45) is 0. The van der Waals surface area contributed by atoms with Crippen molar-refractivity contribution in [2.24, 2.45) is 0 Å². The molecule has 18 heavy (non-hydrogen) atoms. The molecule has 2 N–H and O–H groups in total. The maximum Gasteiger partial charge on any atom is 0.136 e. The summed E-state index contributed by atoms with van der Waals surface area (Å²) in [6.45, 7) is 4.63. The number of phenolic OH excluding ortho intramolecular Hbond substituents is 1. The van der Waals surface area contributed by atoms with Gasteiger partial charge in [-0.3, -0.25) is 4.90 Å². The van der Waals surface area contributed by atoms with Gasteiger partial charge in [-0.1, -0.05) is 16.8 Å². The molecule has 0 atom stereocenters. The number of nitrogens with one attached hydrogen (secondary N) is 1. The second-order valence-corrected chi connectivity index (χ2v) is 4.80. The van der Waals surface area contributed by atoms with E-state index in [-0.39, 0.29) is 5.75 Å². The smallest absolute Gasteiger partial charge is 0.136 e. The number of piperazine rings is 1. The Morgan fingerprint density at radius 2 is 2.11 bits per heavy atom. The third-order valence-corrected chi connectivity index (χ3v) is 3.43. The molecule has 1 aliphatic heterocycles. The van der Waals surface area contributed by atoms with E-state index in [2.05, 4.69) is 20.5 Å². The highest BCUT2D eigenvalue weighted by atomic mass is 35.5. The van der Waals surface area contributed by atoms with Crippen molar-refractivity contribution in [2.75, 3.05) is 26.2 Å². The summed E-state index contributed by atoms with van der Waals surface area (Å²) in [6, 6.07) is 3.24. The third kappa shape index (κ3) is 2.14. The molecule has 7 heteroatoms. The first-order valence-corrected chi connectivity index (χ1v) is 6.26. The van der Waals surface area contributed by atoms with Crippen molar-refractivity contribution in [2.45, 2.75) is 6.67 Å². The van der Waals surface area contributed by atoms with Crippen LogP contribution in [0.15, 0.2) is 12.1 Å². The summed E-state index contributed by atoms with van der Waals surface area (Å²) in [4.78, 5) is 2.29. The van der Waals surface area contributed by atoms with Crippen LogP contribution in [0.1, 0.15) is 0 Å². The number of phenols is 1. The molecule has 0 amide bonds. The molecule has 0 radical (unpaired) electrons. The second kappa shape index (κ2) is 4.72. The largest absolute Gasteiger partial charge is 0.506 e. The minimum Gasteiger partial charge on any atom is -0.506 e. The van der Waals surface area contributed by atoms with Crippen molar-refractivity contribution < 1.29 is 5.11 Å². The van der Waals surface area contributed by atoms with Gasteiger partial charge < -0.3 is 10.4 Å². The molecule has 3 rings (SSSR count). The molecular weight excluding hydrogens is 254 g/mol. The lowest BCUT2D eigenvalue weighted by atomic mass is 10.3. The maximum atomic E-state index is 9.64. The van der Waals surface area contributed by atoms with Crippen molar-refractivity contribution in [3.05, 3.63) is 17.2 Å². The van der Waals surface area contributed by atoms with E-state index in [0.717, 1.165) is 31.7 Å². The lowest BCUT2D eigenvalue weighted by molar-refractivity contribution is 0.185. The zero-order valence-corrected chi connectivity index (χ0v) is 10.6. The minimum absolute atomic E-state index is 0.0630. The standard InChI is InChI=1S/C11H14ClN5O/c12-8-5-9-10(6-11(8)18)17(15-14-9)7-16-3-1-13-2-4-16/h5-6,13,18H,1-4,7H2. The van der Waals surface area contributed by atoms with Gasteiger partial charge in [-0.05, 0) is 6.07 Å². The van der Waals surface area contributed by atoms with Gasteiger partial charge in [0.2, 0.25) is 0 Å². The Morgan fingerprint density at radius 1 is 1.33 bits per heavy atom. The van der Waals surface area contributed by atoms with E-state index in [4.69, 9.17) is 11.6 Å². The molecule has 2 aromatic rings. The van der Waals surface area contributed by atoms with E-state index in [1.54, 1.807) is 16.8 Å². The van der Waals surface area contributed by atoms with Crippen LogP contribution in [-0.4, -0.2) is 51.2 Å². The Hall–Kier alpha value is -1.37. The average molecular weight is 268 g/mol. The lowest BCUT2D eigenvalue weighted by Gasteiger charge is -2.26. The van der Waals surface area contributed by atoms with Crippen LogP contribution < -0.4 is 5.32 Å². The number of fused-ring (bicyclic) bond motifs is 1. The zero-order chi connectivity index (χ0) is 12.5. The normalized spacial score (nSPS) is 17.4. The first-order valence-electron chi connectivity index (χ1n) is 5.89. The molecule has 1 saturated heterocycles. The topological polar surface area (TPSA) is 66.2 Å². The van der Waals surface area contributed by atoms with Gasteiger partial charge in [0.05, 0.1) is 17.2 Å². The average Bonchev–Trinajstić information content (AvgIpc) is 2.74. The molecule has 0 saturated carbocycles. The number of aromatic nitrogens is 3. The molecule has 0 spiro atoms. The van der Waals surface area contributed by atoms with E-state index in [1.165, 1.54) is 0 Å². The van der Waals surface area contributed by atoms with E-state index < -0.39 is 0 Å². The highest BCUT2D eigenvalue weighted by molar-refractivity contribution is 6.32. The van der Waals surface area contributed by atoms with Crippen LogP contribution in [0.5, 0.6) is 5.75 Å². The summed E-state index contributed by atoms with van der Waals surface area (Å²) >= 11 is 5.84. The molecule has 0 aliphatic carbocycles. The van der Waals surface area contributed by atoms with E-state index in [0.29, 0.717) is 17.2 Å². The molecule has 1 aliphatic rings. The number of halogens is 1. The van der Waals surface area contributed by atoms with E-state index >= 15 is 0 Å². The molecule has 6 nitrogen and oxygen atoms in total. The van der Waals surface area contributed by atoms with Crippen LogP contribution in [0.25, 0.3) is 11.0 Å². The van der Waals surface area contributed by atoms with Crippen molar-refractivity contribution in [1.82, 2.24) is 25.2 Å². The predicted octanol–water partition coefficient (Wildman–Crippen LogP) is 0.653. The summed E-state index contributed by atoms with van der Waals surface area (Å²) in [5.74, 6) is 0.0630. The van der Waals surface area contributed by atoms with Crippen LogP contribution in [-0.2, 0) is 6.67 Å². The van der Waals surface area contributed by atoms with Crippen LogP contribution >= 0.6 is 11.6 Å². The van der Waals surface area contributed by atoms with Crippen LogP contribution in [0.2, 0.25) is 5.02 Å². The monoisotopic (exact) mass is 267 g/mol. The Kier molecular flexibility index (Phi) is 3.07. The molecule has 0 bridgehead atoms. The second-order valence-electron chi connectivity index (χ2n) is 4.39. The van der Waals surface area contributed by atoms with Crippen molar-refractivity contribution >= 4 is 22.6 Å². The number of hydrogen-bond acceptors (Lipinski definition) is 5. The van der Waals surface area contributed by atoms with Gasteiger partial charge in [0.1, 0.15) is 11.3 Å². The number of benzene rings is 1. The molecule has 2 heterocycles. The highest BCUT2D eigenvalue weighted by Gasteiger charge is 2.13. The van der Waals surface area contributed by atoms with Crippen molar-refractivity contribution in [3.63, 3.8) is 0 Å². The van der Waals surface area contributed by atoms with Gasteiger partial charge in [-0.15, -0.1) is 5.10 Å². The first-order chi connectivity index (χ1) is 8.74. The van der Waals surface area contributed by atoms with Gasteiger partial charge >= 0.3 is 0 Å². The van der Waals surface area contributed by atoms with Gasteiger partial charge in [0, 0.05) is 32.2 Å². The van der Waals surface area contributed by atoms with Crippen LogP contribution in [0, 0.1) is 0 Å². The summed E-state index contributed by atoms with van der Waals surface area (Å²) < 4.78 is 1.79. The SMILES string of the molecule is Oc1cc2c(cc1Cl)nnn2CN1CCNCC1. The van der Waals surface area contributed by atoms with E-state index in [1.807, 2.05) is 0 Å². The zero-order valence-electron chi connectivity index (χ0n) is 9.80. The molecule has 96 valence electrons. The number of nitrogens with zero attached hydrogens (tertiary/aromatic N) is 4. The summed E-state index contributed by atoms with van der Waals surface area (Å²) in [5, 5.41) is 21.4. The molecule has 1 aromatic heterocycles. The first kappa shape index (κ1) is 11.7. The Labute approximate surface area is 109 Å². The minimum atomic E-state index is 0.0630. The maximum absolute atomic E-state index is 9.64. The number of hydrogen-bond donors (Lipinski definition) is 2. The fourth-order valence-electron chi connectivity index (χ4n) is 2.12. The fraction of sp³-hybridized carbons (Fsp3) is 0.455. The molecular formula is C11H14ClN5O. The highest BCUT2D eigenvalue weighted by Crippen LogP contribution is 2.27. The fourth-order valence-corrected chi connectivity index (χ4v) is 2.28. The molecule has 1 aromatic carbocycles. The lowest BCUT2D eigenvalue weighted by Crippen LogP contribution is -2.44. The van der Waals surface area contributed by atoms with Crippen LogP contribution in [0.4, 0.5) is 0 Å². The van der Waals surface area contributed by atoms with Gasteiger partial charge in [0.25, 0.3) is 0 Å². The quantitative estimate of drug-likeness (QED) is 0.837. The Morgan fingerprint density at radius 3 is 2.89 bits per heavy atom. The van der Waals surface area contributed by atoms with Gasteiger partial charge in [0.15, 0.2) is 0 Å².